The topological polar surface area (TPSA) is 0 Å². The van der Waals surface area contributed by atoms with E-state index in [4.69, 9.17) is 0 Å². The van der Waals surface area contributed by atoms with E-state index in [-0.39, 0.29) is 0 Å². The molecular weight excluding hydrogens is 120 g/mol. The lowest BCUT2D eigenvalue weighted by molar-refractivity contribution is 0.429. The SMILES string of the molecule is CC.CCC(C)CC(C)C. The van der Waals surface area contributed by atoms with Gasteiger partial charge in [-0.15, -0.1) is 0 Å². The van der Waals surface area contributed by atoms with Crippen molar-refractivity contribution in [3.63, 3.8) is 0 Å². The smallest absolute Gasteiger partial charge is 0.0443 e. The normalized spacial score (nSPS) is 12.3. The summed E-state index contributed by atoms with van der Waals surface area (Å²) >= 11 is 0. The molecule has 0 rings (SSSR count). The zero-order valence-corrected chi connectivity index (χ0v) is 8.57. The van der Waals surface area contributed by atoms with Gasteiger partial charge in [-0.1, -0.05) is 48.0 Å². The highest BCUT2D eigenvalue weighted by Crippen LogP contribution is 2.12. The second-order valence-corrected chi connectivity index (χ2v) is 3.14. The van der Waals surface area contributed by atoms with Crippen molar-refractivity contribution in [2.45, 2.75) is 54.4 Å². The number of rotatable bonds is 3. The van der Waals surface area contributed by atoms with Crippen LogP contribution < -0.4 is 0 Å². The third-order valence-electron chi connectivity index (χ3n) is 1.57. The molecule has 0 spiro atoms. The van der Waals surface area contributed by atoms with E-state index in [2.05, 4.69) is 27.7 Å². The van der Waals surface area contributed by atoms with E-state index in [0.717, 1.165) is 11.8 Å². The van der Waals surface area contributed by atoms with Crippen LogP contribution in [0.2, 0.25) is 0 Å². The van der Waals surface area contributed by atoms with Gasteiger partial charge in [0, 0.05) is 0 Å². The molecule has 0 aromatic rings. The van der Waals surface area contributed by atoms with E-state index in [1.807, 2.05) is 13.8 Å². The van der Waals surface area contributed by atoms with Gasteiger partial charge in [0.05, 0.1) is 0 Å². The summed E-state index contributed by atoms with van der Waals surface area (Å²) in [4.78, 5) is 0. The van der Waals surface area contributed by atoms with Crippen LogP contribution in [0.25, 0.3) is 0 Å². The zero-order valence-electron chi connectivity index (χ0n) is 8.57. The summed E-state index contributed by atoms with van der Waals surface area (Å²) in [5.74, 6) is 1.81. The van der Waals surface area contributed by atoms with E-state index < -0.39 is 0 Å². The average Bonchev–Trinajstić information content (AvgIpc) is 1.91. The van der Waals surface area contributed by atoms with Crippen LogP contribution in [0, 0.1) is 11.8 Å². The predicted molar refractivity (Wildman–Crippen MR) is 50.3 cm³/mol. The molecule has 0 aliphatic carbocycles. The van der Waals surface area contributed by atoms with Gasteiger partial charge in [-0.25, -0.2) is 0 Å². The van der Waals surface area contributed by atoms with Crippen molar-refractivity contribution in [1.82, 2.24) is 0 Å². The maximum atomic E-state index is 2.32. The Balaban J connectivity index is 0. The van der Waals surface area contributed by atoms with E-state index in [9.17, 15) is 0 Å². The molecule has 0 heterocycles. The van der Waals surface area contributed by atoms with Crippen LogP contribution in [-0.2, 0) is 0 Å². The first kappa shape index (κ1) is 12.7. The molecule has 0 nitrogen and oxygen atoms in total. The molecule has 0 amide bonds. The van der Waals surface area contributed by atoms with Crippen LogP contribution in [0.15, 0.2) is 0 Å². The quantitative estimate of drug-likeness (QED) is 0.559. The fourth-order valence-electron chi connectivity index (χ4n) is 0.971. The second-order valence-electron chi connectivity index (χ2n) is 3.14. The summed E-state index contributed by atoms with van der Waals surface area (Å²) in [5.41, 5.74) is 0. The third kappa shape index (κ3) is 10.9. The lowest BCUT2D eigenvalue weighted by atomic mass is 9.97. The molecule has 0 aromatic carbocycles. The minimum Gasteiger partial charge on any atom is -0.0683 e. The maximum absolute atomic E-state index is 2.32. The van der Waals surface area contributed by atoms with Gasteiger partial charge in [0.25, 0.3) is 0 Å². The van der Waals surface area contributed by atoms with Gasteiger partial charge in [0.15, 0.2) is 0 Å². The molecule has 1 unspecified atom stereocenters. The molecule has 10 heavy (non-hydrogen) atoms. The maximum Gasteiger partial charge on any atom is -0.0443 e. The molecule has 0 aliphatic heterocycles. The van der Waals surface area contributed by atoms with Crippen molar-refractivity contribution in [2.75, 3.05) is 0 Å². The standard InChI is InChI=1S/C8H18.C2H6/c1-5-8(4)6-7(2)3;1-2/h7-8H,5-6H2,1-4H3;1-2H3. The van der Waals surface area contributed by atoms with E-state index >= 15 is 0 Å². The molecule has 0 aromatic heterocycles. The minimum absolute atomic E-state index is 0.880. The summed E-state index contributed by atoms with van der Waals surface area (Å²) in [6, 6.07) is 0. The van der Waals surface area contributed by atoms with Gasteiger partial charge < -0.3 is 0 Å². The van der Waals surface area contributed by atoms with Crippen molar-refractivity contribution < 1.29 is 0 Å². The summed E-state index contributed by atoms with van der Waals surface area (Å²) in [6.45, 7) is 13.1. The van der Waals surface area contributed by atoms with Crippen molar-refractivity contribution >= 4 is 0 Å². The number of hydrogen-bond acceptors (Lipinski definition) is 0. The second kappa shape index (κ2) is 9.00. The largest absolute Gasteiger partial charge is 0.0683 e. The molecule has 64 valence electrons. The molecule has 0 saturated heterocycles. The zero-order chi connectivity index (χ0) is 8.57. The van der Waals surface area contributed by atoms with Gasteiger partial charge in [0.1, 0.15) is 0 Å². The van der Waals surface area contributed by atoms with E-state index in [0.29, 0.717) is 0 Å². The Morgan fingerprint density at radius 2 is 1.40 bits per heavy atom. The molecule has 0 radical (unpaired) electrons. The van der Waals surface area contributed by atoms with Crippen LogP contribution in [0.4, 0.5) is 0 Å². The highest BCUT2D eigenvalue weighted by molar-refractivity contribution is 4.52. The van der Waals surface area contributed by atoms with Crippen LogP contribution >= 0.6 is 0 Å². The monoisotopic (exact) mass is 144 g/mol. The summed E-state index contributed by atoms with van der Waals surface area (Å²) in [7, 11) is 0. The van der Waals surface area contributed by atoms with E-state index in [1.54, 1.807) is 0 Å². The Labute approximate surface area is 67.0 Å². The van der Waals surface area contributed by atoms with Crippen molar-refractivity contribution in [2.24, 2.45) is 11.8 Å². The predicted octanol–water partition coefficient (Wildman–Crippen LogP) is 4.10. The average molecular weight is 144 g/mol. The lowest BCUT2D eigenvalue weighted by Crippen LogP contribution is -1.97. The highest BCUT2D eigenvalue weighted by atomic mass is 14.1. The summed E-state index contributed by atoms with van der Waals surface area (Å²) in [6.07, 6.45) is 2.72. The van der Waals surface area contributed by atoms with Gasteiger partial charge in [-0.2, -0.15) is 0 Å². The first-order valence-corrected chi connectivity index (χ1v) is 4.66. The van der Waals surface area contributed by atoms with Gasteiger partial charge in [-0.3, -0.25) is 0 Å². The number of hydrogen-bond donors (Lipinski definition) is 0. The molecule has 0 aliphatic rings. The van der Waals surface area contributed by atoms with Crippen LogP contribution in [-0.4, -0.2) is 0 Å². The summed E-state index contributed by atoms with van der Waals surface area (Å²) in [5, 5.41) is 0. The first-order valence-electron chi connectivity index (χ1n) is 4.66. The van der Waals surface area contributed by atoms with Crippen molar-refractivity contribution in [1.29, 1.82) is 0 Å². The van der Waals surface area contributed by atoms with Gasteiger partial charge in [0.2, 0.25) is 0 Å². The van der Waals surface area contributed by atoms with Crippen LogP contribution in [0.3, 0.4) is 0 Å². The van der Waals surface area contributed by atoms with Crippen LogP contribution in [0.5, 0.6) is 0 Å². The molecule has 1 atom stereocenters. The summed E-state index contributed by atoms with van der Waals surface area (Å²) < 4.78 is 0. The Kier molecular flexibility index (Phi) is 11.4. The fourth-order valence-corrected chi connectivity index (χ4v) is 0.971. The minimum atomic E-state index is 0.880. The molecule has 0 saturated carbocycles. The van der Waals surface area contributed by atoms with Gasteiger partial charge >= 0.3 is 0 Å². The fraction of sp³-hybridized carbons (Fsp3) is 1.00. The Morgan fingerprint density at radius 3 is 1.50 bits per heavy atom. The molecule has 0 bridgehead atoms. The molecule has 0 N–H and O–H groups in total. The molecular formula is C10H24. The molecule has 0 heteroatoms. The Hall–Kier alpha value is 0. The Bertz CT molecular complexity index is 46.0. The van der Waals surface area contributed by atoms with E-state index in [1.165, 1.54) is 12.8 Å². The van der Waals surface area contributed by atoms with Crippen molar-refractivity contribution in [3.8, 4) is 0 Å². The molecule has 0 fully saturated rings. The third-order valence-corrected chi connectivity index (χ3v) is 1.57. The van der Waals surface area contributed by atoms with Gasteiger partial charge in [-0.05, 0) is 18.3 Å². The van der Waals surface area contributed by atoms with Crippen LogP contribution in [0.1, 0.15) is 54.4 Å². The highest BCUT2D eigenvalue weighted by Gasteiger charge is 2.00. The lowest BCUT2D eigenvalue weighted by Gasteiger charge is -2.09. The Morgan fingerprint density at radius 1 is 1.00 bits per heavy atom. The van der Waals surface area contributed by atoms with Crippen molar-refractivity contribution in [3.05, 3.63) is 0 Å². The first-order chi connectivity index (χ1) is 4.66.